The minimum Gasteiger partial charge on any atom is -0.379 e. The molecule has 1 amide bonds. The average Bonchev–Trinajstić information content (AvgIpc) is 3.17. The van der Waals surface area contributed by atoms with Crippen LogP contribution in [0.5, 0.6) is 0 Å². The van der Waals surface area contributed by atoms with Gasteiger partial charge in [-0.3, -0.25) is 4.79 Å². The van der Waals surface area contributed by atoms with Crippen molar-refractivity contribution in [2.24, 2.45) is 0 Å². The van der Waals surface area contributed by atoms with Crippen LogP contribution in [0.15, 0.2) is 65.6 Å². The molecule has 7 nitrogen and oxygen atoms in total. The van der Waals surface area contributed by atoms with Gasteiger partial charge in [0.15, 0.2) is 0 Å². The number of hydrogen-bond acceptors (Lipinski definition) is 4. The maximum absolute atomic E-state index is 14.5. The monoisotopic (exact) mass is 481 g/mol. The highest BCUT2D eigenvalue weighted by atomic mass is 32.2. The number of sulfonamides is 1. The molecule has 1 fully saturated rings. The van der Waals surface area contributed by atoms with Gasteiger partial charge in [0.1, 0.15) is 10.7 Å². The van der Waals surface area contributed by atoms with E-state index in [1.165, 1.54) is 10.4 Å². The number of aromatic nitrogens is 1. The largest absolute Gasteiger partial charge is 0.379 e. The first-order valence-corrected chi connectivity index (χ1v) is 12.5. The summed E-state index contributed by atoms with van der Waals surface area (Å²) in [5.74, 6) is -1.41. The fourth-order valence-corrected chi connectivity index (χ4v) is 5.94. The van der Waals surface area contributed by atoms with Crippen molar-refractivity contribution in [3.8, 4) is 0 Å². The van der Waals surface area contributed by atoms with E-state index in [0.29, 0.717) is 5.69 Å². The fourth-order valence-electron chi connectivity index (χ4n) is 4.44. The number of fused-ring (bicyclic) bond motifs is 3. The third-order valence-corrected chi connectivity index (χ3v) is 8.04. The van der Waals surface area contributed by atoms with Crippen LogP contribution in [-0.2, 0) is 21.3 Å². The molecule has 4 aromatic rings. The summed E-state index contributed by atoms with van der Waals surface area (Å²) in [7, 11) is -4.08. The van der Waals surface area contributed by atoms with Crippen LogP contribution in [0.2, 0.25) is 0 Å². The van der Waals surface area contributed by atoms with Gasteiger partial charge in [0, 0.05) is 52.7 Å². The molecule has 2 heterocycles. The van der Waals surface area contributed by atoms with Crippen molar-refractivity contribution in [2.45, 2.75) is 18.4 Å². The predicted octanol–water partition coefficient (Wildman–Crippen LogP) is 4.23. The van der Waals surface area contributed by atoms with Crippen LogP contribution in [0.25, 0.3) is 21.8 Å². The number of ether oxygens (including phenoxy) is 1. The summed E-state index contributed by atoms with van der Waals surface area (Å²) >= 11 is 0. The molecule has 0 spiro atoms. The Morgan fingerprint density at radius 3 is 2.50 bits per heavy atom. The topological polar surface area (TPSA) is 80.6 Å². The van der Waals surface area contributed by atoms with E-state index in [4.69, 9.17) is 4.74 Å². The molecule has 5 rings (SSSR count). The second-order valence-electron chi connectivity index (χ2n) is 8.11. The molecule has 0 saturated carbocycles. The zero-order valence-corrected chi connectivity index (χ0v) is 19.4. The molecular formula is C25H24FN3O4S. The molecule has 0 unspecified atom stereocenters. The number of benzene rings is 3. The lowest BCUT2D eigenvalue weighted by Crippen LogP contribution is -2.41. The highest BCUT2D eigenvalue weighted by molar-refractivity contribution is 7.89. The van der Waals surface area contributed by atoms with Gasteiger partial charge in [-0.2, -0.15) is 4.31 Å². The van der Waals surface area contributed by atoms with E-state index in [9.17, 15) is 17.6 Å². The number of carbonyl (C=O) groups excluding carboxylic acids is 1. The van der Waals surface area contributed by atoms with Gasteiger partial charge in [-0.25, -0.2) is 12.8 Å². The number of nitrogens with zero attached hydrogens (tertiary/aromatic N) is 2. The minimum atomic E-state index is -4.08. The van der Waals surface area contributed by atoms with Gasteiger partial charge < -0.3 is 14.6 Å². The van der Waals surface area contributed by atoms with Gasteiger partial charge in [-0.15, -0.1) is 0 Å². The van der Waals surface area contributed by atoms with E-state index >= 15 is 0 Å². The summed E-state index contributed by atoms with van der Waals surface area (Å²) < 4.78 is 48.9. The molecule has 1 aromatic heterocycles. The van der Waals surface area contributed by atoms with Crippen molar-refractivity contribution in [3.05, 3.63) is 72.0 Å². The third kappa shape index (κ3) is 3.85. The maximum atomic E-state index is 14.5. The van der Waals surface area contributed by atoms with Crippen molar-refractivity contribution in [1.82, 2.24) is 8.87 Å². The number of hydrogen-bond donors (Lipinski definition) is 1. The van der Waals surface area contributed by atoms with Gasteiger partial charge in [-0.1, -0.05) is 18.2 Å². The van der Waals surface area contributed by atoms with Crippen LogP contribution in [0.1, 0.15) is 17.3 Å². The Bertz CT molecular complexity index is 1510. The van der Waals surface area contributed by atoms with E-state index < -0.39 is 26.6 Å². The molecule has 9 heteroatoms. The maximum Gasteiger partial charge on any atom is 0.255 e. The number of anilines is 1. The number of rotatable bonds is 5. The number of nitrogens with one attached hydrogen (secondary N) is 1. The summed E-state index contributed by atoms with van der Waals surface area (Å²) in [5.41, 5.74) is 2.80. The highest BCUT2D eigenvalue weighted by Gasteiger charge is 2.29. The number of aryl methyl sites for hydroxylation is 1. The predicted molar refractivity (Wildman–Crippen MR) is 129 cm³/mol. The summed E-state index contributed by atoms with van der Waals surface area (Å²) in [5, 5.41) is 4.91. The minimum absolute atomic E-state index is 0.0596. The quantitative estimate of drug-likeness (QED) is 0.463. The highest BCUT2D eigenvalue weighted by Crippen LogP contribution is 2.31. The van der Waals surface area contributed by atoms with Crippen molar-refractivity contribution in [3.63, 3.8) is 0 Å². The summed E-state index contributed by atoms with van der Waals surface area (Å²) in [4.78, 5) is 12.5. The molecule has 1 saturated heterocycles. The van der Waals surface area contributed by atoms with E-state index in [1.807, 2.05) is 30.3 Å². The Morgan fingerprint density at radius 1 is 1.00 bits per heavy atom. The van der Waals surface area contributed by atoms with E-state index in [-0.39, 0.29) is 31.9 Å². The molecule has 176 valence electrons. The number of para-hydroxylation sites is 1. The number of amides is 1. The lowest BCUT2D eigenvalue weighted by Gasteiger charge is -2.26. The lowest BCUT2D eigenvalue weighted by molar-refractivity contribution is 0.0729. The Labute approximate surface area is 196 Å². The third-order valence-electron chi connectivity index (χ3n) is 6.13. The van der Waals surface area contributed by atoms with Crippen LogP contribution in [-0.4, -0.2) is 49.5 Å². The standard InChI is InChI=1S/C25H24FN3O4S/c1-2-29-22-6-4-3-5-19(22)20-16-18(8-10-23(20)29)27-25(30)17-7-9-21(26)24(15-17)34(31,32)28-11-13-33-14-12-28/h3-10,15-16H,2,11-14H2,1H3,(H,27,30). The van der Waals surface area contributed by atoms with E-state index in [0.717, 1.165) is 40.5 Å². The summed E-state index contributed by atoms with van der Waals surface area (Å²) in [6.45, 7) is 3.67. The fraction of sp³-hybridized carbons (Fsp3) is 0.240. The SMILES string of the molecule is CCn1c2ccccc2c2cc(NC(=O)c3ccc(F)c(S(=O)(=O)N4CCOCC4)c3)ccc21. The molecule has 0 aliphatic carbocycles. The molecule has 1 aliphatic rings. The summed E-state index contributed by atoms with van der Waals surface area (Å²) in [6, 6.07) is 17.1. The smallest absolute Gasteiger partial charge is 0.255 e. The van der Waals surface area contributed by atoms with Crippen LogP contribution in [0, 0.1) is 5.82 Å². The molecule has 34 heavy (non-hydrogen) atoms. The van der Waals surface area contributed by atoms with Crippen LogP contribution in [0.4, 0.5) is 10.1 Å². The molecule has 0 radical (unpaired) electrons. The first-order valence-electron chi connectivity index (χ1n) is 11.1. The summed E-state index contributed by atoms with van der Waals surface area (Å²) in [6.07, 6.45) is 0. The second kappa shape index (κ2) is 8.83. The molecule has 1 aliphatic heterocycles. The van der Waals surface area contributed by atoms with Crippen molar-refractivity contribution < 1.29 is 22.3 Å². The average molecular weight is 482 g/mol. The molecular weight excluding hydrogens is 457 g/mol. The lowest BCUT2D eigenvalue weighted by atomic mass is 10.1. The van der Waals surface area contributed by atoms with Gasteiger partial charge in [0.2, 0.25) is 10.0 Å². The van der Waals surface area contributed by atoms with Gasteiger partial charge in [0.25, 0.3) is 5.91 Å². The molecule has 0 atom stereocenters. The zero-order chi connectivity index (χ0) is 23.9. The van der Waals surface area contributed by atoms with Crippen molar-refractivity contribution in [2.75, 3.05) is 31.6 Å². The van der Waals surface area contributed by atoms with Crippen LogP contribution < -0.4 is 5.32 Å². The number of carbonyl (C=O) groups is 1. The van der Waals surface area contributed by atoms with Gasteiger partial charge >= 0.3 is 0 Å². The van der Waals surface area contributed by atoms with Crippen LogP contribution >= 0.6 is 0 Å². The molecule has 3 aromatic carbocycles. The Kier molecular flexibility index (Phi) is 5.85. The number of halogens is 1. The van der Waals surface area contributed by atoms with E-state index in [1.54, 1.807) is 6.07 Å². The Hall–Kier alpha value is -3.27. The Morgan fingerprint density at radius 2 is 1.74 bits per heavy atom. The van der Waals surface area contributed by atoms with Gasteiger partial charge in [-0.05, 0) is 49.4 Å². The van der Waals surface area contributed by atoms with Crippen molar-refractivity contribution in [1.29, 1.82) is 0 Å². The zero-order valence-electron chi connectivity index (χ0n) is 18.6. The first-order chi connectivity index (χ1) is 16.4. The van der Waals surface area contributed by atoms with E-state index in [2.05, 4.69) is 22.9 Å². The molecule has 0 bridgehead atoms. The Balaban J connectivity index is 1.47. The molecule has 1 N–H and O–H groups in total. The second-order valence-corrected chi connectivity index (χ2v) is 10.0. The first kappa shape index (κ1) is 22.5. The van der Waals surface area contributed by atoms with Gasteiger partial charge in [0.05, 0.1) is 13.2 Å². The van der Waals surface area contributed by atoms with Crippen LogP contribution in [0.3, 0.4) is 0 Å². The normalized spacial score (nSPS) is 15.1. The number of morpholine rings is 1. The van der Waals surface area contributed by atoms with Crippen molar-refractivity contribution >= 4 is 43.4 Å².